The standard InChI is InChI=1S/C45H54N2O10/c1-3-24-52-43-39(47-31(2)48)44(49)55-37(30-51-26-33-18-10-5-11-19-33)41(43)57-45-38(46)42(54-28-35-22-14-7-15-23-35)40(53-27-34-20-12-6-13-21-34)36(56-45)29-50-25-32-16-8-4-9-17-32/h3-23,36-45,49H,1,24-30,46H2,2H3,(H,47,48)/t36-,37-,38-,39-,40-,41-,42-,43-,44+,45+/m1/s1. The number of amides is 1. The SMILES string of the molecule is C=CCO[C@@H]1[C@@H](NC(C)=O)[C@@H](O)O[C@H](COCc2ccccc2)[C@H]1O[C@@H]1O[C@H](COCc2ccccc2)[C@@H](OCc2ccccc2)[C@H](OCc2ccccc2)[C@H]1N. The van der Waals surface area contributed by atoms with Gasteiger partial charge in [-0.2, -0.15) is 0 Å². The molecule has 2 aliphatic heterocycles. The summed E-state index contributed by atoms with van der Waals surface area (Å²) in [6.45, 7) is 6.54. The predicted molar refractivity (Wildman–Crippen MR) is 212 cm³/mol. The summed E-state index contributed by atoms with van der Waals surface area (Å²) in [5.74, 6) is -0.388. The van der Waals surface area contributed by atoms with Crippen LogP contribution in [0, 0.1) is 0 Å². The quantitative estimate of drug-likeness (QED) is 0.106. The second kappa shape index (κ2) is 22.0. The minimum Gasteiger partial charge on any atom is -0.374 e. The van der Waals surface area contributed by atoms with Gasteiger partial charge in [-0.15, -0.1) is 6.58 Å². The van der Waals surface area contributed by atoms with Crippen molar-refractivity contribution in [2.24, 2.45) is 5.73 Å². The number of carbonyl (C=O) groups is 1. The van der Waals surface area contributed by atoms with Crippen LogP contribution in [0.15, 0.2) is 134 Å². The lowest BCUT2D eigenvalue weighted by molar-refractivity contribution is -0.337. The molecule has 0 saturated carbocycles. The number of benzene rings is 4. The van der Waals surface area contributed by atoms with Gasteiger partial charge in [0.15, 0.2) is 12.6 Å². The van der Waals surface area contributed by atoms with E-state index in [1.54, 1.807) is 6.08 Å². The third-order valence-electron chi connectivity index (χ3n) is 9.78. The van der Waals surface area contributed by atoms with Crippen molar-refractivity contribution in [1.82, 2.24) is 5.32 Å². The molecule has 0 aliphatic carbocycles. The Labute approximate surface area is 334 Å². The molecule has 4 N–H and O–H groups in total. The zero-order valence-electron chi connectivity index (χ0n) is 32.3. The van der Waals surface area contributed by atoms with Gasteiger partial charge in [-0.25, -0.2) is 0 Å². The molecule has 0 radical (unpaired) electrons. The molecule has 0 bridgehead atoms. The van der Waals surface area contributed by atoms with Crippen LogP contribution in [-0.2, 0) is 69.1 Å². The van der Waals surface area contributed by atoms with Crippen LogP contribution in [0.3, 0.4) is 0 Å². The van der Waals surface area contributed by atoms with E-state index in [4.69, 9.17) is 43.6 Å². The van der Waals surface area contributed by atoms with Crippen molar-refractivity contribution in [3.63, 3.8) is 0 Å². The lowest BCUT2D eigenvalue weighted by Gasteiger charge is -2.49. The second-order valence-electron chi connectivity index (χ2n) is 14.1. The number of carbonyl (C=O) groups excluding carboxylic acids is 1. The predicted octanol–water partition coefficient (Wildman–Crippen LogP) is 4.82. The molecule has 57 heavy (non-hydrogen) atoms. The molecule has 0 unspecified atom stereocenters. The third kappa shape index (κ3) is 12.3. The fraction of sp³-hybridized carbons (Fsp3) is 0.400. The molecule has 12 heteroatoms. The summed E-state index contributed by atoms with van der Waals surface area (Å²) in [6, 6.07) is 37.3. The smallest absolute Gasteiger partial charge is 0.217 e. The maximum absolute atomic E-state index is 12.4. The van der Waals surface area contributed by atoms with Gasteiger partial charge in [0, 0.05) is 6.92 Å². The lowest BCUT2D eigenvalue weighted by atomic mass is 9.94. The second-order valence-corrected chi connectivity index (χ2v) is 14.1. The van der Waals surface area contributed by atoms with Gasteiger partial charge in [-0.3, -0.25) is 4.79 Å². The molecule has 4 aromatic rings. The first-order chi connectivity index (χ1) is 27.9. The van der Waals surface area contributed by atoms with E-state index in [0.717, 1.165) is 22.3 Å². The highest BCUT2D eigenvalue weighted by Gasteiger charge is 2.52. The Bertz CT molecular complexity index is 1760. The zero-order valence-corrected chi connectivity index (χ0v) is 32.3. The Kier molecular flexibility index (Phi) is 16.3. The van der Waals surface area contributed by atoms with Crippen molar-refractivity contribution >= 4 is 5.91 Å². The van der Waals surface area contributed by atoms with E-state index in [1.165, 1.54) is 6.92 Å². The van der Waals surface area contributed by atoms with Gasteiger partial charge in [0.1, 0.15) is 42.7 Å². The maximum atomic E-state index is 12.4. The molecule has 2 saturated heterocycles. The maximum Gasteiger partial charge on any atom is 0.217 e. The third-order valence-corrected chi connectivity index (χ3v) is 9.78. The highest BCUT2D eigenvalue weighted by atomic mass is 16.7. The summed E-state index contributed by atoms with van der Waals surface area (Å²) in [6.07, 6.45) is -5.84. The van der Waals surface area contributed by atoms with Crippen molar-refractivity contribution < 1.29 is 47.8 Å². The van der Waals surface area contributed by atoms with E-state index < -0.39 is 61.3 Å². The van der Waals surface area contributed by atoms with Crippen LogP contribution in [0.5, 0.6) is 0 Å². The van der Waals surface area contributed by atoms with E-state index in [2.05, 4.69) is 11.9 Å². The van der Waals surface area contributed by atoms with Gasteiger partial charge < -0.3 is 54.1 Å². The van der Waals surface area contributed by atoms with Gasteiger partial charge in [0.05, 0.1) is 52.3 Å². The van der Waals surface area contributed by atoms with Crippen molar-refractivity contribution in [1.29, 1.82) is 0 Å². The van der Waals surface area contributed by atoms with Crippen LogP contribution in [0.4, 0.5) is 0 Å². The summed E-state index contributed by atoms with van der Waals surface area (Å²) in [5.41, 5.74) is 11.0. The number of aliphatic hydroxyl groups excluding tert-OH is 1. The Morgan fingerprint density at radius 3 is 1.60 bits per heavy atom. The zero-order chi connectivity index (χ0) is 39.8. The molecule has 2 heterocycles. The number of hydrogen-bond acceptors (Lipinski definition) is 11. The van der Waals surface area contributed by atoms with Gasteiger partial charge in [0.2, 0.25) is 5.91 Å². The van der Waals surface area contributed by atoms with E-state index in [-0.39, 0.29) is 45.5 Å². The largest absolute Gasteiger partial charge is 0.374 e. The minimum absolute atomic E-state index is 0.0136. The molecule has 12 nitrogen and oxygen atoms in total. The minimum atomic E-state index is -1.44. The average Bonchev–Trinajstić information content (AvgIpc) is 3.23. The molecule has 0 spiro atoms. The van der Waals surface area contributed by atoms with Crippen molar-refractivity contribution in [3.05, 3.63) is 156 Å². The number of ether oxygens (including phenoxy) is 8. The molecular formula is C45H54N2O10. The van der Waals surface area contributed by atoms with Gasteiger partial charge in [-0.05, 0) is 22.3 Å². The van der Waals surface area contributed by atoms with Crippen molar-refractivity contribution in [3.8, 4) is 0 Å². The first-order valence-corrected chi connectivity index (χ1v) is 19.3. The summed E-state index contributed by atoms with van der Waals surface area (Å²) >= 11 is 0. The molecule has 2 fully saturated rings. The number of rotatable bonds is 20. The van der Waals surface area contributed by atoms with E-state index in [9.17, 15) is 9.90 Å². The van der Waals surface area contributed by atoms with Crippen LogP contribution in [0.1, 0.15) is 29.2 Å². The molecule has 1 amide bonds. The van der Waals surface area contributed by atoms with E-state index >= 15 is 0 Å². The number of nitrogens with one attached hydrogen (secondary N) is 1. The normalized spacial score (nSPS) is 27.4. The Hall–Kier alpha value is -4.31. The summed E-state index contributed by atoms with van der Waals surface area (Å²) in [4.78, 5) is 12.4. The van der Waals surface area contributed by atoms with Crippen molar-refractivity contribution in [2.45, 2.75) is 94.6 Å². The fourth-order valence-corrected chi connectivity index (χ4v) is 7.00. The average molecular weight is 783 g/mol. The van der Waals surface area contributed by atoms with Crippen LogP contribution < -0.4 is 11.1 Å². The Morgan fingerprint density at radius 2 is 1.12 bits per heavy atom. The Morgan fingerprint density at radius 1 is 0.667 bits per heavy atom. The van der Waals surface area contributed by atoms with E-state index in [0.29, 0.717) is 6.61 Å². The number of hydrogen-bond donors (Lipinski definition) is 3. The summed E-state index contributed by atoms with van der Waals surface area (Å²) in [7, 11) is 0. The molecular weight excluding hydrogens is 728 g/mol. The fourth-order valence-electron chi connectivity index (χ4n) is 7.00. The first-order valence-electron chi connectivity index (χ1n) is 19.3. The molecule has 10 atom stereocenters. The molecule has 304 valence electrons. The van der Waals surface area contributed by atoms with Crippen LogP contribution >= 0.6 is 0 Å². The van der Waals surface area contributed by atoms with Gasteiger partial charge in [0.25, 0.3) is 0 Å². The summed E-state index contributed by atoms with van der Waals surface area (Å²) in [5, 5.41) is 14.0. The molecule has 6 rings (SSSR count). The van der Waals surface area contributed by atoms with Gasteiger partial charge in [-0.1, -0.05) is 127 Å². The molecule has 0 aromatic heterocycles. The first kappa shape index (κ1) is 42.3. The van der Waals surface area contributed by atoms with Crippen LogP contribution in [0.25, 0.3) is 0 Å². The van der Waals surface area contributed by atoms with Crippen molar-refractivity contribution in [2.75, 3.05) is 19.8 Å². The van der Waals surface area contributed by atoms with Crippen LogP contribution in [-0.4, -0.2) is 92.1 Å². The lowest BCUT2D eigenvalue weighted by Crippen LogP contribution is -2.69. The van der Waals surface area contributed by atoms with Crippen LogP contribution in [0.2, 0.25) is 0 Å². The monoisotopic (exact) mass is 782 g/mol. The summed E-state index contributed by atoms with van der Waals surface area (Å²) < 4.78 is 51.7. The number of aliphatic hydroxyl groups is 1. The molecule has 4 aromatic carbocycles. The Balaban J connectivity index is 1.30. The molecule has 2 aliphatic rings. The number of nitrogens with two attached hydrogens (primary N) is 1. The highest BCUT2D eigenvalue weighted by Crippen LogP contribution is 2.33. The topological polar surface area (TPSA) is 149 Å². The van der Waals surface area contributed by atoms with Gasteiger partial charge >= 0.3 is 0 Å². The van der Waals surface area contributed by atoms with E-state index in [1.807, 2.05) is 121 Å². The highest BCUT2D eigenvalue weighted by molar-refractivity contribution is 5.73.